The molecule has 1 N–H and O–H groups in total. The van der Waals surface area contributed by atoms with Gasteiger partial charge in [-0.3, -0.25) is 0 Å². The second-order valence-corrected chi connectivity index (χ2v) is 15.0. The third-order valence-electron chi connectivity index (χ3n) is 12.1. The number of phenols is 1. The molecule has 3 fully saturated rings. The molecule has 4 aliphatic rings. The van der Waals surface area contributed by atoms with E-state index in [0.29, 0.717) is 23.7 Å². The molecule has 10 unspecified atom stereocenters. The molecule has 7 rings (SSSR count). The second-order valence-electron chi connectivity index (χ2n) is 15.0. The minimum absolute atomic E-state index is 0.149. The van der Waals surface area contributed by atoms with E-state index in [-0.39, 0.29) is 6.29 Å². The Morgan fingerprint density at radius 1 is 0.739 bits per heavy atom. The molecule has 3 saturated carbocycles. The second kappa shape index (κ2) is 15.9. The lowest BCUT2D eigenvalue weighted by Gasteiger charge is -2.33. The van der Waals surface area contributed by atoms with Crippen molar-refractivity contribution in [3.63, 3.8) is 0 Å². The van der Waals surface area contributed by atoms with E-state index in [1.807, 2.05) is 12.1 Å². The average Bonchev–Trinajstić information content (AvgIpc) is 3.85. The monoisotopic (exact) mass is 624 g/mol. The van der Waals surface area contributed by atoms with Gasteiger partial charge in [0.1, 0.15) is 11.5 Å². The molecule has 10 atom stereocenters. The molecule has 4 aliphatic carbocycles. The SMILES string of the molecule is CC1Cc2ccccc2C1C.CCC(C)c1ccc(O)cc1.CCC(C)c1ccc(OC(C)OC2CC3CC2C2CCCC32)cc1. The molecule has 0 saturated heterocycles. The van der Waals surface area contributed by atoms with Crippen molar-refractivity contribution in [2.45, 2.75) is 130 Å². The predicted molar refractivity (Wildman–Crippen MR) is 192 cm³/mol. The first kappa shape index (κ1) is 34.6. The summed E-state index contributed by atoms with van der Waals surface area (Å²) < 4.78 is 12.4. The smallest absolute Gasteiger partial charge is 0.197 e. The minimum atomic E-state index is -0.149. The fraction of sp³-hybridized carbons (Fsp3) is 0.581. The van der Waals surface area contributed by atoms with E-state index in [1.54, 1.807) is 23.3 Å². The number of hydrogen-bond acceptors (Lipinski definition) is 3. The molecular formula is C43H60O3. The van der Waals surface area contributed by atoms with Gasteiger partial charge in [0.15, 0.2) is 6.29 Å². The van der Waals surface area contributed by atoms with E-state index in [1.165, 1.54) is 56.1 Å². The Hall–Kier alpha value is -2.78. The van der Waals surface area contributed by atoms with Crippen LogP contribution in [0.15, 0.2) is 72.8 Å². The maximum absolute atomic E-state index is 9.01. The molecule has 0 spiro atoms. The summed E-state index contributed by atoms with van der Waals surface area (Å²) in [6, 6.07) is 24.8. The Labute approximate surface area is 280 Å². The van der Waals surface area contributed by atoms with Gasteiger partial charge in [0, 0.05) is 0 Å². The number of fused-ring (bicyclic) bond motifs is 6. The quantitative estimate of drug-likeness (QED) is 0.253. The van der Waals surface area contributed by atoms with E-state index in [4.69, 9.17) is 14.6 Å². The van der Waals surface area contributed by atoms with Crippen molar-refractivity contribution in [3.05, 3.63) is 95.1 Å². The Kier molecular flexibility index (Phi) is 11.9. The molecule has 3 aromatic rings. The Morgan fingerprint density at radius 2 is 1.35 bits per heavy atom. The van der Waals surface area contributed by atoms with E-state index >= 15 is 0 Å². The lowest BCUT2D eigenvalue weighted by Crippen LogP contribution is -2.34. The summed E-state index contributed by atoms with van der Waals surface area (Å²) in [4.78, 5) is 0. The molecule has 3 nitrogen and oxygen atoms in total. The third-order valence-corrected chi connectivity index (χ3v) is 12.1. The van der Waals surface area contributed by atoms with Crippen LogP contribution in [0.2, 0.25) is 0 Å². The van der Waals surface area contributed by atoms with Gasteiger partial charge in [0.25, 0.3) is 0 Å². The zero-order chi connectivity index (χ0) is 32.8. The van der Waals surface area contributed by atoms with Gasteiger partial charge in [-0.15, -0.1) is 0 Å². The topological polar surface area (TPSA) is 38.7 Å². The molecule has 3 aromatic carbocycles. The minimum Gasteiger partial charge on any atom is -0.508 e. The molecule has 3 heteroatoms. The van der Waals surface area contributed by atoms with E-state index in [2.05, 4.69) is 97.0 Å². The predicted octanol–water partition coefficient (Wildman–Crippen LogP) is 11.7. The number of phenolic OH excluding ortho intramolecular Hbond substituents is 1. The first-order chi connectivity index (χ1) is 22.2. The van der Waals surface area contributed by atoms with Crippen molar-refractivity contribution in [3.8, 4) is 11.5 Å². The molecule has 0 radical (unpaired) electrons. The van der Waals surface area contributed by atoms with Crippen molar-refractivity contribution in [2.24, 2.45) is 29.6 Å². The van der Waals surface area contributed by atoms with E-state index < -0.39 is 0 Å². The van der Waals surface area contributed by atoms with Crippen LogP contribution in [0.4, 0.5) is 0 Å². The van der Waals surface area contributed by atoms with Gasteiger partial charge < -0.3 is 14.6 Å². The molecule has 46 heavy (non-hydrogen) atoms. The highest BCUT2D eigenvalue weighted by atomic mass is 16.7. The summed E-state index contributed by atoms with van der Waals surface area (Å²) in [6.07, 6.45) is 10.9. The number of aromatic hydroxyl groups is 1. The van der Waals surface area contributed by atoms with Crippen LogP contribution >= 0.6 is 0 Å². The van der Waals surface area contributed by atoms with Crippen LogP contribution < -0.4 is 4.74 Å². The summed E-state index contributed by atoms with van der Waals surface area (Å²) >= 11 is 0. The Morgan fingerprint density at radius 3 is 1.98 bits per heavy atom. The highest BCUT2D eigenvalue weighted by Gasteiger charge is 2.54. The van der Waals surface area contributed by atoms with E-state index in [0.717, 1.165) is 47.7 Å². The lowest BCUT2D eigenvalue weighted by atomic mass is 9.80. The Bertz CT molecular complexity index is 1350. The van der Waals surface area contributed by atoms with E-state index in [9.17, 15) is 0 Å². The van der Waals surface area contributed by atoms with Crippen molar-refractivity contribution < 1.29 is 14.6 Å². The zero-order valence-corrected chi connectivity index (χ0v) is 29.6. The van der Waals surface area contributed by atoms with Gasteiger partial charge in [0.05, 0.1) is 6.10 Å². The van der Waals surface area contributed by atoms with Crippen LogP contribution in [0.3, 0.4) is 0 Å². The number of benzene rings is 3. The van der Waals surface area contributed by atoms with Gasteiger partial charge in [0.2, 0.25) is 0 Å². The van der Waals surface area contributed by atoms with Crippen LogP contribution in [0.5, 0.6) is 11.5 Å². The summed E-state index contributed by atoms with van der Waals surface area (Å²) in [5.74, 6) is 7.81. The first-order valence-electron chi connectivity index (χ1n) is 18.5. The maximum Gasteiger partial charge on any atom is 0.197 e. The first-order valence-corrected chi connectivity index (χ1v) is 18.5. The molecule has 250 valence electrons. The summed E-state index contributed by atoms with van der Waals surface area (Å²) in [6.45, 7) is 15.6. The van der Waals surface area contributed by atoms with Gasteiger partial charge in [-0.05, 0) is 146 Å². The van der Waals surface area contributed by atoms with Crippen molar-refractivity contribution in [2.75, 3.05) is 0 Å². The third kappa shape index (κ3) is 8.19. The summed E-state index contributed by atoms with van der Waals surface area (Å²) in [5, 5.41) is 9.01. The zero-order valence-electron chi connectivity index (χ0n) is 29.6. The highest BCUT2D eigenvalue weighted by molar-refractivity contribution is 5.35. The van der Waals surface area contributed by atoms with Crippen molar-refractivity contribution >= 4 is 0 Å². The highest BCUT2D eigenvalue weighted by Crippen LogP contribution is 2.59. The largest absolute Gasteiger partial charge is 0.508 e. The van der Waals surface area contributed by atoms with Gasteiger partial charge in [-0.25, -0.2) is 0 Å². The molecule has 0 heterocycles. The summed E-state index contributed by atoms with van der Waals surface area (Å²) in [5.41, 5.74) is 5.82. The van der Waals surface area contributed by atoms with Crippen LogP contribution in [0, 0.1) is 29.6 Å². The Balaban J connectivity index is 0.000000157. The van der Waals surface area contributed by atoms with Gasteiger partial charge >= 0.3 is 0 Å². The fourth-order valence-corrected chi connectivity index (χ4v) is 8.77. The average molecular weight is 625 g/mol. The maximum atomic E-state index is 9.01. The number of ether oxygens (including phenoxy) is 2. The van der Waals surface area contributed by atoms with Gasteiger partial charge in [-0.1, -0.05) is 96.5 Å². The van der Waals surface area contributed by atoms with Crippen LogP contribution in [-0.4, -0.2) is 17.5 Å². The lowest BCUT2D eigenvalue weighted by molar-refractivity contribution is -0.132. The molecule has 0 aliphatic heterocycles. The van der Waals surface area contributed by atoms with Crippen LogP contribution in [0.1, 0.15) is 133 Å². The molecule has 0 aromatic heterocycles. The van der Waals surface area contributed by atoms with Crippen LogP contribution in [-0.2, 0) is 11.2 Å². The fourth-order valence-electron chi connectivity index (χ4n) is 8.77. The normalized spacial score (nSPS) is 29.0. The molecular weight excluding hydrogens is 564 g/mol. The van der Waals surface area contributed by atoms with Crippen LogP contribution in [0.25, 0.3) is 0 Å². The standard InChI is InChI=1S/C22H32O2.C11H14.C10H14O/c1-4-14(2)16-8-10-18(11-9-16)23-15(3)24-22-13-17-12-21(22)20-7-5-6-19(17)20;1-8-7-10-5-3-4-6-11(10)9(8)2;1-3-8(2)9-4-6-10(11)7-5-9/h8-11,14-15,17,19-22H,4-7,12-13H2,1-3H3;3-6,8-9H,7H2,1-2H3;4-8,11H,3H2,1-2H3. The molecule has 0 amide bonds. The molecule has 2 bridgehead atoms. The number of rotatable bonds is 8. The van der Waals surface area contributed by atoms with Crippen molar-refractivity contribution in [1.29, 1.82) is 0 Å². The number of hydrogen-bond donors (Lipinski definition) is 1. The summed E-state index contributed by atoms with van der Waals surface area (Å²) in [7, 11) is 0. The van der Waals surface area contributed by atoms with Crippen molar-refractivity contribution in [1.82, 2.24) is 0 Å². The van der Waals surface area contributed by atoms with Gasteiger partial charge in [-0.2, -0.15) is 0 Å².